The minimum absolute atomic E-state index is 0.151. The number of rotatable bonds is 8. The topological polar surface area (TPSA) is 82.1 Å². The summed E-state index contributed by atoms with van der Waals surface area (Å²) in [5.41, 5.74) is 1.36. The van der Waals surface area contributed by atoms with Gasteiger partial charge in [-0.25, -0.2) is 4.79 Å². The normalized spacial score (nSPS) is 14.1. The highest BCUT2D eigenvalue weighted by Gasteiger charge is 2.37. The molecule has 0 bridgehead atoms. The number of esters is 1. The molecule has 0 fully saturated rings. The molecule has 0 N–H and O–H groups in total. The number of hydrogen-bond acceptors (Lipinski definition) is 6. The summed E-state index contributed by atoms with van der Waals surface area (Å²) in [6.07, 6.45) is -0.636. The molecule has 1 unspecified atom stereocenters. The number of hydroxylamine groups is 2. The third kappa shape index (κ3) is 4.63. The van der Waals surface area contributed by atoms with E-state index in [0.717, 1.165) is 10.6 Å². The van der Waals surface area contributed by atoms with Gasteiger partial charge in [-0.05, 0) is 50.6 Å². The Bertz CT molecular complexity index is 888. The quantitative estimate of drug-likeness (QED) is 0.503. The van der Waals surface area contributed by atoms with Crippen molar-refractivity contribution >= 4 is 17.8 Å². The molecule has 1 aliphatic rings. The van der Waals surface area contributed by atoms with Crippen molar-refractivity contribution < 1.29 is 28.7 Å². The lowest BCUT2D eigenvalue weighted by Crippen LogP contribution is -2.33. The van der Waals surface area contributed by atoms with Crippen LogP contribution < -0.4 is 4.84 Å². The van der Waals surface area contributed by atoms with Crippen LogP contribution in [0.2, 0.25) is 0 Å². The Morgan fingerprint density at radius 3 is 2.24 bits per heavy atom. The summed E-state index contributed by atoms with van der Waals surface area (Å²) < 4.78 is 10.8. The minimum atomic E-state index is -0.760. The summed E-state index contributed by atoms with van der Waals surface area (Å²) in [5, 5.41) is 0.747. The Balaban J connectivity index is 1.75. The first kappa shape index (κ1) is 20.5. The largest absolute Gasteiger partial charge is 0.464 e. The van der Waals surface area contributed by atoms with Crippen LogP contribution in [0.1, 0.15) is 47.1 Å². The van der Waals surface area contributed by atoms with E-state index in [2.05, 4.69) is 0 Å². The first-order valence-electron chi connectivity index (χ1n) is 9.47. The third-order valence-electron chi connectivity index (χ3n) is 4.26. The van der Waals surface area contributed by atoms with Gasteiger partial charge in [0.2, 0.25) is 0 Å². The molecule has 0 aliphatic carbocycles. The number of imide groups is 1. The second kappa shape index (κ2) is 8.87. The maximum atomic E-state index is 12.5. The van der Waals surface area contributed by atoms with Crippen LogP contribution in [-0.2, 0) is 20.7 Å². The van der Waals surface area contributed by atoms with E-state index >= 15 is 0 Å². The van der Waals surface area contributed by atoms with Gasteiger partial charge in [0.15, 0.2) is 11.9 Å². The van der Waals surface area contributed by atoms with Crippen molar-refractivity contribution in [3.8, 4) is 5.75 Å². The van der Waals surface area contributed by atoms with Gasteiger partial charge in [-0.15, -0.1) is 0 Å². The lowest BCUT2D eigenvalue weighted by atomic mass is 10.1. The zero-order chi connectivity index (χ0) is 21.0. The number of ether oxygens (including phenoxy) is 2. The van der Waals surface area contributed by atoms with Crippen molar-refractivity contribution in [2.24, 2.45) is 0 Å². The molecule has 0 aromatic heterocycles. The fraction of sp³-hybridized carbons (Fsp3) is 0.318. The lowest BCUT2D eigenvalue weighted by Gasteiger charge is -2.19. The molecule has 2 amide bonds. The Kier molecular flexibility index (Phi) is 6.29. The van der Waals surface area contributed by atoms with Gasteiger partial charge < -0.3 is 14.3 Å². The molecule has 7 heteroatoms. The van der Waals surface area contributed by atoms with Gasteiger partial charge in [-0.3, -0.25) is 9.59 Å². The maximum Gasteiger partial charge on any atom is 0.335 e. The lowest BCUT2D eigenvalue weighted by molar-refractivity contribution is -0.159. The average molecular weight is 397 g/mol. The predicted octanol–water partition coefficient (Wildman–Crippen LogP) is 3.18. The summed E-state index contributed by atoms with van der Waals surface area (Å²) in [4.78, 5) is 42.7. The van der Waals surface area contributed by atoms with Crippen molar-refractivity contribution in [1.82, 2.24) is 5.06 Å². The Hall–Kier alpha value is -3.19. The zero-order valence-electron chi connectivity index (χ0n) is 16.6. The number of hydrogen-bond donors (Lipinski definition) is 0. The highest BCUT2D eigenvalue weighted by molar-refractivity contribution is 6.20. The van der Waals surface area contributed by atoms with E-state index in [4.69, 9.17) is 14.3 Å². The van der Waals surface area contributed by atoms with Crippen molar-refractivity contribution in [2.45, 2.75) is 39.4 Å². The van der Waals surface area contributed by atoms with Crippen LogP contribution in [0, 0.1) is 0 Å². The number of benzene rings is 2. The van der Waals surface area contributed by atoms with Crippen LogP contribution in [0.3, 0.4) is 0 Å². The van der Waals surface area contributed by atoms with Crippen LogP contribution in [0.25, 0.3) is 0 Å². The van der Waals surface area contributed by atoms with E-state index in [1.165, 1.54) is 0 Å². The van der Waals surface area contributed by atoms with Gasteiger partial charge in [0.1, 0.15) is 0 Å². The molecule has 3 rings (SSSR count). The van der Waals surface area contributed by atoms with E-state index in [1.807, 2.05) is 19.9 Å². The second-order valence-electron chi connectivity index (χ2n) is 6.82. The van der Waals surface area contributed by atoms with Crippen LogP contribution in [0.15, 0.2) is 48.5 Å². The van der Waals surface area contributed by atoms with E-state index < -0.39 is 23.9 Å². The molecule has 29 heavy (non-hydrogen) atoms. The number of fused-ring (bicyclic) bond motifs is 1. The van der Waals surface area contributed by atoms with Gasteiger partial charge in [0.05, 0.1) is 23.8 Å². The Morgan fingerprint density at radius 1 is 1.00 bits per heavy atom. The molecule has 0 saturated carbocycles. The summed E-state index contributed by atoms with van der Waals surface area (Å²) in [6.45, 7) is 5.68. The van der Waals surface area contributed by atoms with Gasteiger partial charge >= 0.3 is 5.97 Å². The maximum absolute atomic E-state index is 12.5. The SMILES string of the molecule is CCOC(=O)C(Cc1cccc(ON2C(=O)c3ccccc3C2=O)c1)OC(C)C. The minimum Gasteiger partial charge on any atom is -0.464 e. The molecular weight excluding hydrogens is 374 g/mol. The molecule has 2 aromatic rings. The molecule has 0 radical (unpaired) electrons. The predicted molar refractivity (Wildman–Crippen MR) is 104 cm³/mol. The summed E-state index contributed by atoms with van der Waals surface area (Å²) >= 11 is 0. The standard InChI is InChI=1S/C22H23NO6/c1-4-27-22(26)19(28-14(2)3)13-15-8-7-9-16(12-15)29-23-20(24)17-10-5-6-11-18(17)21(23)25/h5-12,14,19H,4,13H2,1-3H3. The smallest absolute Gasteiger partial charge is 0.335 e. The van der Waals surface area contributed by atoms with Crippen molar-refractivity contribution in [3.05, 3.63) is 65.2 Å². The highest BCUT2D eigenvalue weighted by atomic mass is 16.7. The molecule has 1 heterocycles. The summed E-state index contributed by atoms with van der Waals surface area (Å²) in [7, 11) is 0. The van der Waals surface area contributed by atoms with Crippen LogP contribution >= 0.6 is 0 Å². The molecule has 152 valence electrons. The first-order valence-corrected chi connectivity index (χ1v) is 9.47. The van der Waals surface area contributed by atoms with Crippen molar-refractivity contribution in [1.29, 1.82) is 0 Å². The van der Waals surface area contributed by atoms with Crippen molar-refractivity contribution in [2.75, 3.05) is 6.61 Å². The summed E-state index contributed by atoms with van der Waals surface area (Å²) in [5.74, 6) is -1.15. The van der Waals surface area contributed by atoms with Gasteiger partial charge in [-0.1, -0.05) is 29.3 Å². The zero-order valence-corrected chi connectivity index (χ0v) is 16.6. The average Bonchev–Trinajstić information content (AvgIpc) is 2.93. The molecule has 2 aromatic carbocycles. The van der Waals surface area contributed by atoms with E-state index in [1.54, 1.807) is 49.4 Å². The van der Waals surface area contributed by atoms with Gasteiger partial charge in [0, 0.05) is 6.42 Å². The molecular formula is C22H23NO6. The number of carbonyl (C=O) groups is 3. The number of amides is 2. The second-order valence-corrected chi connectivity index (χ2v) is 6.82. The van der Waals surface area contributed by atoms with Crippen molar-refractivity contribution in [3.63, 3.8) is 0 Å². The fourth-order valence-corrected chi connectivity index (χ4v) is 3.05. The number of nitrogens with zero attached hydrogens (tertiary/aromatic N) is 1. The molecule has 1 atom stereocenters. The Morgan fingerprint density at radius 2 is 1.66 bits per heavy atom. The van der Waals surface area contributed by atoms with E-state index in [-0.39, 0.29) is 19.1 Å². The Labute approximate surface area is 169 Å². The number of carbonyl (C=O) groups excluding carboxylic acids is 3. The highest BCUT2D eigenvalue weighted by Crippen LogP contribution is 2.25. The van der Waals surface area contributed by atoms with Gasteiger partial charge in [-0.2, -0.15) is 0 Å². The monoisotopic (exact) mass is 397 g/mol. The van der Waals surface area contributed by atoms with Crippen LogP contribution in [-0.4, -0.2) is 41.7 Å². The fourth-order valence-electron chi connectivity index (χ4n) is 3.05. The van der Waals surface area contributed by atoms with Gasteiger partial charge in [0.25, 0.3) is 11.8 Å². The summed E-state index contributed by atoms with van der Waals surface area (Å²) in [6, 6.07) is 13.4. The third-order valence-corrected chi connectivity index (χ3v) is 4.26. The van der Waals surface area contributed by atoms with Crippen LogP contribution in [0.4, 0.5) is 0 Å². The molecule has 1 aliphatic heterocycles. The molecule has 7 nitrogen and oxygen atoms in total. The molecule has 0 spiro atoms. The van der Waals surface area contributed by atoms with E-state index in [9.17, 15) is 14.4 Å². The first-order chi connectivity index (χ1) is 13.9. The molecule has 0 saturated heterocycles. The van der Waals surface area contributed by atoms with E-state index in [0.29, 0.717) is 16.9 Å². The van der Waals surface area contributed by atoms with Crippen LogP contribution in [0.5, 0.6) is 5.75 Å².